The number of benzene rings is 2. The topological polar surface area (TPSA) is 38.3 Å². The molecule has 1 N–H and O–H groups in total. The molecule has 2 rings (SSSR count). The van der Waals surface area contributed by atoms with Crippen LogP contribution in [-0.2, 0) is 11.3 Å². The van der Waals surface area contributed by atoms with E-state index in [-0.39, 0.29) is 16.6 Å². The molecule has 0 aromatic heterocycles. The van der Waals surface area contributed by atoms with Gasteiger partial charge < -0.3 is 10.1 Å². The first-order valence-corrected chi connectivity index (χ1v) is 7.55. The summed E-state index contributed by atoms with van der Waals surface area (Å²) in [6, 6.07) is 10.6. The zero-order valence-corrected chi connectivity index (χ0v) is 12.8. The fraction of sp³-hybridized carbons (Fsp3) is 0.188. The van der Waals surface area contributed by atoms with E-state index in [9.17, 15) is 13.6 Å². The van der Waals surface area contributed by atoms with Crippen molar-refractivity contribution in [1.29, 1.82) is 0 Å². The summed E-state index contributed by atoms with van der Waals surface area (Å²) in [7, 11) is 1.56. The highest BCUT2D eigenvalue weighted by atomic mass is 32.2. The molecule has 6 heteroatoms. The first-order chi connectivity index (χ1) is 10.6. The van der Waals surface area contributed by atoms with Gasteiger partial charge in [-0.05, 0) is 18.2 Å². The molecule has 0 aliphatic carbocycles. The number of carbonyl (C=O) groups excluding carboxylic acids is 1. The number of thioether (sulfide) groups is 1. The highest BCUT2D eigenvalue weighted by Crippen LogP contribution is 2.22. The van der Waals surface area contributed by atoms with Crippen molar-refractivity contribution in [1.82, 2.24) is 5.32 Å². The van der Waals surface area contributed by atoms with Gasteiger partial charge in [-0.2, -0.15) is 0 Å². The molecule has 2 aromatic carbocycles. The Morgan fingerprint density at radius 3 is 2.73 bits per heavy atom. The molecular formula is C16H15F2NO2S. The second-order valence-electron chi connectivity index (χ2n) is 4.45. The van der Waals surface area contributed by atoms with E-state index < -0.39 is 11.6 Å². The van der Waals surface area contributed by atoms with Crippen LogP contribution in [0.15, 0.2) is 47.4 Å². The van der Waals surface area contributed by atoms with Crippen molar-refractivity contribution in [3.05, 3.63) is 59.7 Å². The van der Waals surface area contributed by atoms with E-state index in [1.165, 1.54) is 6.07 Å². The molecule has 0 aliphatic rings. The molecule has 0 aliphatic heterocycles. The van der Waals surface area contributed by atoms with Crippen LogP contribution in [0.4, 0.5) is 8.78 Å². The van der Waals surface area contributed by atoms with Crippen molar-refractivity contribution < 1.29 is 18.3 Å². The summed E-state index contributed by atoms with van der Waals surface area (Å²) in [6.07, 6.45) is 0. The van der Waals surface area contributed by atoms with Crippen molar-refractivity contribution in [3.8, 4) is 5.75 Å². The van der Waals surface area contributed by atoms with Gasteiger partial charge in [0, 0.05) is 23.1 Å². The molecule has 0 saturated carbocycles. The lowest BCUT2D eigenvalue weighted by molar-refractivity contribution is -0.118. The second kappa shape index (κ2) is 7.79. The normalized spacial score (nSPS) is 10.3. The number of amides is 1. The van der Waals surface area contributed by atoms with Crippen molar-refractivity contribution in [3.63, 3.8) is 0 Å². The summed E-state index contributed by atoms with van der Waals surface area (Å²) < 4.78 is 31.4. The predicted octanol–water partition coefficient (Wildman–Crippen LogP) is 3.38. The van der Waals surface area contributed by atoms with Gasteiger partial charge in [-0.1, -0.05) is 18.2 Å². The lowest BCUT2D eigenvalue weighted by atomic mass is 10.2. The lowest BCUT2D eigenvalue weighted by Crippen LogP contribution is -2.24. The standard InChI is InChI=1S/C16H15F2NO2S/c1-21-14-5-3-2-4-11(14)9-19-16(20)10-22-15-7-6-12(17)8-13(15)18/h2-8H,9-10H2,1H3,(H,19,20). The first kappa shape index (κ1) is 16.3. The summed E-state index contributed by atoms with van der Waals surface area (Å²) >= 11 is 1.02. The fourth-order valence-corrected chi connectivity index (χ4v) is 2.58. The number of rotatable bonds is 6. The number of hydrogen-bond donors (Lipinski definition) is 1. The SMILES string of the molecule is COc1ccccc1CNC(=O)CSc1ccc(F)cc1F. The van der Waals surface area contributed by atoms with Gasteiger partial charge in [0.2, 0.25) is 5.91 Å². The Bertz CT molecular complexity index is 664. The van der Waals surface area contributed by atoms with Crippen LogP contribution in [0.25, 0.3) is 0 Å². The Kier molecular flexibility index (Phi) is 5.77. The average molecular weight is 323 g/mol. The smallest absolute Gasteiger partial charge is 0.230 e. The third-order valence-corrected chi connectivity index (χ3v) is 3.97. The van der Waals surface area contributed by atoms with Crippen LogP contribution in [0.1, 0.15) is 5.56 Å². The van der Waals surface area contributed by atoms with Gasteiger partial charge in [-0.25, -0.2) is 8.78 Å². The molecule has 0 unspecified atom stereocenters. The quantitative estimate of drug-likeness (QED) is 0.828. The van der Waals surface area contributed by atoms with Gasteiger partial charge >= 0.3 is 0 Å². The van der Waals surface area contributed by atoms with Crippen LogP contribution in [0, 0.1) is 11.6 Å². The maximum atomic E-state index is 13.4. The summed E-state index contributed by atoms with van der Waals surface area (Å²) in [6.45, 7) is 0.329. The lowest BCUT2D eigenvalue weighted by Gasteiger charge is -2.09. The molecular weight excluding hydrogens is 308 g/mol. The molecule has 0 bridgehead atoms. The average Bonchev–Trinajstić information content (AvgIpc) is 2.52. The van der Waals surface area contributed by atoms with E-state index in [0.29, 0.717) is 12.3 Å². The highest BCUT2D eigenvalue weighted by molar-refractivity contribution is 8.00. The monoisotopic (exact) mass is 323 g/mol. The Morgan fingerprint density at radius 1 is 1.23 bits per heavy atom. The summed E-state index contributed by atoms with van der Waals surface area (Å²) in [4.78, 5) is 12.0. The zero-order valence-electron chi connectivity index (χ0n) is 11.9. The first-order valence-electron chi connectivity index (χ1n) is 6.56. The van der Waals surface area contributed by atoms with Crippen LogP contribution in [-0.4, -0.2) is 18.8 Å². The van der Waals surface area contributed by atoms with Crippen LogP contribution in [0.3, 0.4) is 0 Å². The van der Waals surface area contributed by atoms with Crippen LogP contribution < -0.4 is 10.1 Å². The molecule has 0 heterocycles. The Balaban J connectivity index is 1.85. The van der Waals surface area contributed by atoms with E-state index in [0.717, 1.165) is 29.5 Å². The Morgan fingerprint density at radius 2 is 2.00 bits per heavy atom. The molecule has 3 nitrogen and oxygen atoms in total. The van der Waals surface area contributed by atoms with E-state index in [4.69, 9.17) is 4.74 Å². The summed E-state index contributed by atoms with van der Waals surface area (Å²) in [5, 5.41) is 2.74. The number of nitrogens with one attached hydrogen (secondary N) is 1. The molecule has 0 radical (unpaired) electrons. The van der Waals surface area contributed by atoms with E-state index in [2.05, 4.69) is 5.32 Å². The van der Waals surface area contributed by atoms with Crippen molar-refractivity contribution in [2.45, 2.75) is 11.4 Å². The van der Waals surface area contributed by atoms with Gasteiger partial charge in [0.15, 0.2) is 0 Å². The minimum Gasteiger partial charge on any atom is -0.496 e. The summed E-state index contributed by atoms with van der Waals surface area (Å²) in [5.41, 5.74) is 0.858. The maximum absolute atomic E-state index is 13.4. The zero-order chi connectivity index (χ0) is 15.9. The molecule has 1 amide bonds. The third-order valence-electron chi connectivity index (χ3n) is 2.92. The second-order valence-corrected chi connectivity index (χ2v) is 5.47. The van der Waals surface area contributed by atoms with Gasteiger partial charge in [-0.3, -0.25) is 4.79 Å². The molecule has 0 fully saturated rings. The largest absolute Gasteiger partial charge is 0.496 e. The van der Waals surface area contributed by atoms with Crippen LogP contribution in [0.2, 0.25) is 0 Å². The van der Waals surface area contributed by atoms with Crippen LogP contribution in [0.5, 0.6) is 5.75 Å². The maximum Gasteiger partial charge on any atom is 0.230 e. The van der Waals surface area contributed by atoms with E-state index in [1.54, 1.807) is 7.11 Å². The van der Waals surface area contributed by atoms with E-state index >= 15 is 0 Å². The van der Waals surface area contributed by atoms with Crippen LogP contribution >= 0.6 is 11.8 Å². The number of methoxy groups -OCH3 is 1. The summed E-state index contributed by atoms with van der Waals surface area (Å²) in [5.74, 6) is -0.790. The molecule has 22 heavy (non-hydrogen) atoms. The number of para-hydroxylation sites is 1. The highest BCUT2D eigenvalue weighted by Gasteiger charge is 2.09. The van der Waals surface area contributed by atoms with Crippen molar-refractivity contribution in [2.75, 3.05) is 12.9 Å². The minimum atomic E-state index is -0.664. The molecule has 2 aromatic rings. The fourth-order valence-electron chi connectivity index (χ4n) is 1.83. The Hall–Kier alpha value is -2.08. The van der Waals surface area contributed by atoms with Gasteiger partial charge in [0.25, 0.3) is 0 Å². The minimum absolute atomic E-state index is 0.0533. The molecule has 0 spiro atoms. The van der Waals surface area contributed by atoms with Gasteiger partial charge in [0.05, 0.1) is 12.9 Å². The molecule has 0 atom stereocenters. The Labute approximate surface area is 131 Å². The number of halogens is 2. The van der Waals surface area contributed by atoms with Crippen molar-refractivity contribution in [2.24, 2.45) is 0 Å². The van der Waals surface area contributed by atoms with E-state index in [1.807, 2.05) is 24.3 Å². The molecule has 0 saturated heterocycles. The number of carbonyl (C=O) groups is 1. The van der Waals surface area contributed by atoms with Gasteiger partial charge in [-0.15, -0.1) is 11.8 Å². The van der Waals surface area contributed by atoms with Crippen molar-refractivity contribution >= 4 is 17.7 Å². The predicted molar refractivity (Wildman–Crippen MR) is 81.9 cm³/mol. The number of ether oxygens (including phenoxy) is 1. The van der Waals surface area contributed by atoms with Gasteiger partial charge in [0.1, 0.15) is 17.4 Å². The third kappa shape index (κ3) is 4.46. The number of hydrogen-bond acceptors (Lipinski definition) is 3. The molecule has 116 valence electrons.